The summed E-state index contributed by atoms with van der Waals surface area (Å²) in [4.78, 5) is 131. The summed E-state index contributed by atoms with van der Waals surface area (Å²) >= 11 is 1.86. The van der Waals surface area contributed by atoms with Crippen LogP contribution in [-0.2, 0) is 70.5 Å². The first kappa shape index (κ1) is 79.1. The third kappa shape index (κ3) is 22.5. The number of benzene rings is 5. The van der Waals surface area contributed by atoms with Gasteiger partial charge in [-0.3, -0.25) is 43.3 Å². The lowest BCUT2D eigenvalue weighted by Crippen LogP contribution is -2.51. The van der Waals surface area contributed by atoms with Gasteiger partial charge in [-0.25, -0.2) is 4.39 Å². The quantitative estimate of drug-likeness (QED) is 0.0164. The van der Waals surface area contributed by atoms with E-state index in [-0.39, 0.29) is 81.9 Å². The van der Waals surface area contributed by atoms with Crippen LogP contribution < -0.4 is 38.5 Å². The number of thioether (sulfide) groups is 1. The lowest BCUT2D eigenvalue weighted by atomic mass is 9.70. The number of hydrogen-bond donors (Lipinski definition) is 9. The number of halogens is 1. The van der Waals surface area contributed by atoms with Crippen molar-refractivity contribution in [2.45, 2.75) is 184 Å². The smallest absolute Gasteiger partial charge is 0.224 e. The summed E-state index contributed by atoms with van der Waals surface area (Å²) in [6, 6.07) is 34.4. The number of ketones is 5. The molecule has 105 heavy (non-hydrogen) atoms. The van der Waals surface area contributed by atoms with Crippen molar-refractivity contribution >= 4 is 80.8 Å². The number of Topliss-reactive ketones (excluding diaryl/α,β-unsaturated/α-hetero) is 5. The molecule has 560 valence electrons. The number of aliphatic hydroxyl groups excluding tert-OH is 1. The van der Waals surface area contributed by atoms with E-state index in [1.54, 1.807) is 12.3 Å². The first-order chi connectivity index (χ1) is 50.8. The van der Waals surface area contributed by atoms with E-state index in [1.807, 2.05) is 96.7 Å². The van der Waals surface area contributed by atoms with E-state index in [9.17, 15) is 23.9 Å². The van der Waals surface area contributed by atoms with Crippen molar-refractivity contribution in [2.75, 3.05) is 44.7 Å². The molecule has 0 unspecified atom stereocenters. The van der Waals surface area contributed by atoms with Crippen molar-refractivity contribution in [3.63, 3.8) is 0 Å². The number of guanidine groups is 1. The molecule has 3 heterocycles. The molecule has 1 aromatic heterocycles. The number of nitrogens with zero attached hydrogens (tertiary/aromatic N) is 2. The van der Waals surface area contributed by atoms with Crippen LogP contribution in [0.5, 0.6) is 0 Å². The first-order valence-corrected chi connectivity index (χ1v) is 39.1. The van der Waals surface area contributed by atoms with E-state index in [0.717, 1.165) is 59.3 Å². The van der Waals surface area contributed by atoms with Crippen LogP contribution in [-0.4, -0.2) is 149 Å². The molecule has 2 fully saturated rings. The third-order valence-electron chi connectivity index (χ3n) is 21.8. The number of rotatable bonds is 23. The maximum atomic E-state index is 15.5. The van der Waals surface area contributed by atoms with Crippen LogP contribution in [0.3, 0.4) is 0 Å². The zero-order chi connectivity index (χ0) is 74.4. The molecule has 10 rings (SSSR count). The highest BCUT2D eigenvalue weighted by Gasteiger charge is 2.42. The number of likely N-dealkylation sites (tertiary alicyclic amines) is 1. The molecule has 12 N–H and O–H groups in total. The van der Waals surface area contributed by atoms with Crippen LogP contribution in [0.4, 0.5) is 4.39 Å². The molecule has 3 amide bonds. The largest absolute Gasteiger partial charge is 0.391 e. The van der Waals surface area contributed by atoms with Gasteiger partial charge in [0.15, 0.2) is 29.1 Å². The number of carbonyl (C=O) groups excluding carboxylic acids is 8. The number of nitrogens with one attached hydrogen (secondary N) is 5. The number of para-hydroxylation sites is 1. The fourth-order valence-corrected chi connectivity index (χ4v) is 17.2. The second kappa shape index (κ2) is 39.2. The molecule has 21 heteroatoms. The van der Waals surface area contributed by atoms with Crippen molar-refractivity contribution in [3.05, 3.63) is 184 Å². The number of H-pyrrole nitrogens is 1. The number of aliphatic hydroxyl groups is 1. The number of amides is 3. The number of unbranched alkanes of at least 4 members (excludes halogenated alkanes) is 1. The number of aliphatic imine (C=N–C) groups is 1. The predicted octanol–water partition coefficient (Wildman–Crippen LogP) is 9.57. The van der Waals surface area contributed by atoms with Crippen LogP contribution in [0.25, 0.3) is 16.5 Å². The van der Waals surface area contributed by atoms with E-state index in [2.05, 4.69) is 67.5 Å². The molecule has 2 aliphatic carbocycles. The van der Waals surface area contributed by atoms with Gasteiger partial charge in [-0.05, 0) is 172 Å². The summed E-state index contributed by atoms with van der Waals surface area (Å²) in [5, 5.41) is 24.7. The van der Waals surface area contributed by atoms with Gasteiger partial charge in [-0.1, -0.05) is 135 Å². The average molecular weight is 1450 g/mol. The molecule has 0 radical (unpaired) electrons. The maximum absolute atomic E-state index is 15.5. The highest BCUT2D eigenvalue weighted by atomic mass is 32.2. The summed E-state index contributed by atoms with van der Waals surface area (Å²) in [6.07, 6.45) is 8.05. The molecule has 2 saturated heterocycles. The molecular weight excluding hydrogens is 1340 g/mol. The molecule has 12 atom stereocenters. The van der Waals surface area contributed by atoms with Crippen molar-refractivity contribution in [3.8, 4) is 0 Å². The van der Waals surface area contributed by atoms with Gasteiger partial charge < -0.3 is 53.5 Å². The number of likely N-dealkylation sites (N-methyl/N-ethyl adjacent to an activating group) is 1. The molecule has 19 nitrogen and oxygen atoms in total. The van der Waals surface area contributed by atoms with Gasteiger partial charge >= 0.3 is 0 Å². The molecule has 5 aromatic carbocycles. The number of carbonyl (C=O) groups is 8. The Morgan fingerprint density at radius 1 is 0.667 bits per heavy atom. The Balaban J connectivity index is 0.959. The Kier molecular flexibility index (Phi) is 29.5. The van der Waals surface area contributed by atoms with Gasteiger partial charge in [-0.15, -0.1) is 0 Å². The fraction of sp³-hybridized carbons (Fsp3) is 0.488. The van der Waals surface area contributed by atoms with Crippen LogP contribution in [0.15, 0.2) is 145 Å². The molecule has 0 bridgehead atoms. The lowest BCUT2D eigenvalue weighted by Gasteiger charge is -2.46. The third-order valence-corrected chi connectivity index (χ3v) is 23.0. The Morgan fingerprint density at radius 2 is 1.30 bits per heavy atom. The number of hydrogen-bond acceptors (Lipinski definition) is 14. The topological polar surface area (TPSA) is 314 Å². The van der Waals surface area contributed by atoms with E-state index in [1.165, 1.54) is 47.4 Å². The minimum Gasteiger partial charge on any atom is -0.391 e. The van der Waals surface area contributed by atoms with Gasteiger partial charge in [0.2, 0.25) is 17.7 Å². The predicted molar refractivity (Wildman–Crippen MR) is 412 cm³/mol. The minimum absolute atomic E-state index is 0.000913. The molecule has 0 spiro atoms. The van der Waals surface area contributed by atoms with E-state index in [4.69, 9.17) is 17.2 Å². The highest BCUT2D eigenvalue weighted by molar-refractivity contribution is 7.99. The maximum Gasteiger partial charge on any atom is 0.224 e. The van der Waals surface area contributed by atoms with Crippen LogP contribution in [0.1, 0.15) is 155 Å². The Labute approximate surface area is 621 Å². The summed E-state index contributed by atoms with van der Waals surface area (Å²) in [7, 11) is 2.26. The minimum atomic E-state index is -1.50. The Bertz CT molecular complexity index is 4010. The van der Waals surface area contributed by atoms with Gasteiger partial charge in [0.25, 0.3) is 0 Å². The van der Waals surface area contributed by atoms with Gasteiger partial charge in [0, 0.05) is 117 Å². The number of nitrogens with two attached hydrogens (primary N) is 3. The van der Waals surface area contributed by atoms with Crippen molar-refractivity contribution in [1.82, 2.24) is 31.2 Å². The monoisotopic (exact) mass is 1450 g/mol. The number of allylic oxidation sites excluding steroid dienone is 1. The molecule has 6 aromatic rings. The number of piperidine rings is 1. The average Bonchev–Trinajstić information content (AvgIpc) is 1.69. The summed E-state index contributed by atoms with van der Waals surface area (Å²) in [5.41, 5.74) is 26.8. The zero-order valence-electron chi connectivity index (χ0n) is 60.9. The first-order valence-electron chi connectivity index (χ1n) is 38.0. The molecule has 0 saturated carbocycles. The van der Waals surface area contributed by atoms with Crippen molar-refractivity contribution < 1.29 is 47.9 Å². The second-order valence-corrected chi connectivity index (χ2v) is 30.9. The molecule has 4 aliphatic rings. The number of aromatic nitrogens is 1. The lowest BCUT2D eigenvalue weighted by molar-refractivity contribution is -0.136. The SMILES string of the molecule is C[C@@H](O)[C@@H]1NC(=O)[C@H](CCCCN)CC(=O)[C@@H](Cc2c[nH]c3ccccc23)NC(=O)[C@H](Cc2ccccc2)CC(=O)[C@H](Cc2ccccc2)NC(=O)[C@H](CCCN=C(N)N)CC(=O)[C@H](NCCSC[C@@H]2C[C@@H]3c4cccc5c4C(=CC5)C[C@H]3N(C)C2)CCCCCC(=O)[C@H](Cc2cccc(F)c2)CC1=O. The normalized spacial score (nSPS) is 24.9. The number of aromatic amines is 1. The Hall–Kier alpha value is -8.47. The van der Waals surface area contributed by atoms with Crippen LogP contribution in [0.2, 0.25) is 0 Å². The van der Waals surface area contributed by atoms with E-state index in [0.29, 0.717) is 87.0 Å². The standard InChI is InChI=1S/C84H107FN10O9S/c1-53(96)80-78(101)48-62(40-56-23-16-27-65(85)41-56)74(97)32-11-5-10-31-70(89-37-38-105-52-57-42-68-67-29-17-25-58-33-34-59(79(58)67)45-73(68)95(2)51-57)75(98)46-61(26-18-36-90-84(87)88)81(102)92-71(43-55-21-8-4-9-22-55)77(100)49-63(39-54-19-6-3-7-20-54)83(104)93-72(44-64-50-91-69-30-13-12-28-66(64)69)76(99)47-60(82(103)94-80)24-14-15-35-86/h3-4,6-9,12-13,16-17,19-23,25,27-30,34,41,50,53,57,60-63,68,70-73,80,89,91,96H,5,10-11,14-15,18,24,26,31-33,35-40,42-49,51-52,86H2,1-2H3,(H,92,102)(H,93,104)(H,94,103)(H4,87,88,90)/t53-,57-,60-,61-,62-,63-,68-,70-,71+,72-,73-,80+/m1/s1. The molecular formula is C84H107FN10O9S. The van der Waals surface area contributed by atoms with Crippen LogP contribution in [0, 0.1) is 35.4 Å². The second-order valence-electron chi connectivity index (χ2n) is 29.7. The van der Waals surface area contributed by atoms with Gasteiger partial charge in [0.1, 0.15) is 17.6 Å². The van der Waals surface area contributed by atoms with E-state index >= 15 is 24.0 Å². The number of fused-ring (bicyclic) bond motifs is 3. The van der Waals surface area contributed by atoms with Crippen molar-refractivity contribution in [2.24, 2.45) is 51.8 Å². The van der Waals surface area contributed by atoms with Gasteiger partial charge in [0.05, 0.1) is 24.2 Å². The van der Waals surface area contributed by atoms with E-state index < -0.39 is 108 Å². The summed E-state index contributed by atoms with van der Waals surface area (Å²) in [5.74, 6) is -6.07. The highest BCUT2D eigenvalue weighted by Crippen LogP contribution is 2.49. The zero-order valence-corrected chi connectivity index (χ0v) is 61.7. The summed E-state index contributed by atoms with van der Waals surface area (Å²) in [6.45, 7) is 3.33. The Morgan fingerprint density at radius 3 is 2.03 bits per heavy atom. The molecule has 2 aliphatic heterocycles. The van der Waals surface area contributed by atoms with Crippen molar-refractivity contribution in [1.29, 1.82) is 0 Å². The fourth-order valence-electron chi connectivity index (χ4n) is 16.2. The van der Waals surface area contributed by atoms with Gasteiger partial charge in [-0.2, -0.15) is 11.8 Å². The summed E-state index contributed by atoms with van der Waals surface area (Å²) < 4.78 is 14.8. The van der Waals surface area contributed by atoms with Crippen LogP contribution >= 0.6 is 11.8 Å².